The molecule has 0 fully saturated rings. The molecule has 2 aromatic rings. The van der Waals surface area contributed by atoms with E-state index in [9.17, 15) is 0 Å². The molecular weight excluding hydrogens is 232 g/mol. The van der Waals surface area contributed by atoms with E-state index >= 15 is 0 Å². The molecule has 4 N–H and O–H groups in total. The zero-order valence-corrected chi connectivity index (χ0v) is 12.2. The first-order valence-electron chi connectivity index (χ1n) is 6.59. The number of benzene rings is 2. The fourth-order valence-electron chi connectivity index (χ4n) is 2.79. The first-order chi connectivity index (χ1) is 8.88. The molecule has 0 aliphatic rings. The van der Waals surface area contributed by atoms with E-state index in [2.05, 4.69) is 27.7 Å². The molecule has 0 aliphatic carbocycles. The van der Waals surface area contributed by atoms with Crippen LogP contribution in [0.15, 0.2) is 24.3 Å². The van der Waals surface area contributed by atoms with E-state index in [0.29, 0.717) is 0 Å². The van der Waals surface area contributed by atoms with Crippen LogP contribution in [0.4, 0.5) is 11.4 Å². The zero-order valence-electron chi connectivity index (χ0n) is 12.2. The Morgan fingerprint density at radius 3 is 1.16 bits per heavy atom. The summed E-state index contributed by atoms with van der Waals surface area (Å²) in [5.41, 5.74) is 21.2. The summed E-state index contributed by atoms with van der Waals surface area (Å²) in [6.07, 6.45) is 0.940. The maximum atomic E-state index is 5.88. The van der Waals surface area contributed by atoms with Gasteiger partial charge in [0.05, 0.1) is 0 Å². The maximum Gasteiger partial charge on any atom is 0.0319 e. The SMILES string of the molecule is Cc1cc(N)cc(C)c1Cc1c(C)cc(N)cc1C. The molecule has 19 heavy (non-hydrogen) atoms. The largest absolute Gasteiger partial charge is 0.399 e. The summed E-state index contributed by atoms with van der Waals surface area (Å²) in [6.45, 7) is 8.50. The normalized spacial score (nSPS) is 10.7. The predicted octanol–water partition coefficient (Wildman–Crippen LogP) is 3.68. The van der Waals surface area contributed by atoms with Crippen molar-refractivity contribution in [2.45, 2.75) is 34.1 Å². The number of hydrogen-bond donors (Lipinski definition) is 2. The molecule has 0 unspecified atom stereocenters. The molecule has 0 saturated heterocycles. The van der Waals surface area contributed by atoms with E-state index < -0.39 is 0 Å². The van der Waals surface area contributed by atoms with E-state index in [1.807, 2.05) is 24.3 Å². The van der Waals surface area contributed by atoms with Gasteiger partial charge in [0, 0.05) is 11.4 Å². The molecule has 2 aromatic carbocycles. The molecule has 2 nitrogen and oxygen atoms in total. The van der Waals surface area contributed by atoms with Crippen LogP contribution in [0.2, 0.25) is 0 Å². The highest BCUT2D eigenvalue weighted by Crippen LogP contribution is 2.26. The van der Waals surface area contributed by atoms with Crippen molar-refractivity contribution < 1.29 is 0 Å². The topological polar surface area (TPSA) is 52.0 Å². The summed E-state index contributed by atoms with van der Waals surface area (Å²) in [6, 6.07) is 8.18. The molecule has 2 rings (SSSR count). The lowest BCUT2D eigenvalue weighted by molar-refractivity contribution is 1.08. The quantitative estimate of drug-likeness (QED) is 0.803. The van der Waals surface area contributed by atoms with Crippen molar-refractivity contribution in [2.24, 2.45) is 0 Å². The van der Waals surface area contributed by atoms with Crippen LogP contribution in [0, 0.1) is 27.7 Å². The Balaban J connectivity index is 2.48. The number of hydrogen-bond acceptors (Lipinski definition) is 2. The Hall–Kier alpha value is -1.96. The lowest BCUT2D eigenvalue weighted by atomic mass is 9.91. The van der Waals surface area contributed by atoms with Crippen LogP contribution in [0.3, 0.4) is 0 Å². The van der Waals surface area contributed by atoms with Gasteiger partial charge in [-0.1, -0.05) is 0 Å². The average Bonchev–Trinajstić information content (AvgIpc) is 2.25. The minimum absolute atomic E-state index is 0.838. The van der Waals surface area contributed by atoms with E-state index in [-0.39, 0.29) is 0 Å². The van der Waals surface area contributed by atoms with Gasteiger partial charge in [0.15, 0.2) is 0 Å². The van der Waals surface area contributed by atoms with Crippen molar-refractivity contribution in [3.05, 3.63) is 57.6 Å². The molecule has 0 amide bonds. The highest BCUT2D eigenvalue weighted by atomic mass is 14.5. The van der Waals surface area contributed by atoms with Gasteiger partial charge in [0.1, 0.15) is 0 Å². The fraction of sp³-hybridized carbons (Fsp3) is 0.294. The monoisotopic (exact) mass is 254 g/mol. The first kappa shape index (κ1) is 13.5. The molecule has 0 aliphatic heterocycles. The van der Waals surface area contributed by atoms with Gasteiger partial charge in [0.2, 0.25) is 0 Å². The molecular formula is C17H22N2. The van der Waals surface area contributed by atoms with Crippen LogP contribution in [0.5, 0.6) is 0 Å². The predicted molar refractivity (Wildman–Crippen MR) is 83.5 cm³/mol. The van der Waals surface area contributed by atoms with E-state index in [1.54, 1.807) is 0 Å². The summed E-state index contributed by atoms with van der Waals surface area (Å²) >= 11 is 0. The molecule has 0 spiro atoms. The van der Waals surface area contributed by atoms with Crippen molar-refractivity contribution in [1.82, 2.24) is 0 Å². The number of nitrogens with two attached hydrogens (primary N) is 2. The fourth-order valence-corrected chi connectivity index (χ4v) is 2.79. The van der Waals surface area contributed by atoms with Gasteiger partial charge in [-0.15, -0.1) is 0 Å². The number of anilines is 2. The van der Waals surface area contributed by atoms with Crippen LogP contribution in [-0.2, 0) is 6.42 Å². The minimum atomic E-state index is 0.838. The van der Waals surface area contributed by atoms with Crippen LogP contribution in [-0.4, -0.2) is 0 Å². The summed E-state index contributed by atoms with van der Waals surface area (Å²) < 4.78 is 0. The Kier molecular flexibility index (Phi) is 3.52. The van der Waals surface area contributed by atoms with Gasteiger partial charge in [-0.3, -0.25) is 0 Å². The Morgan fingerprint density at radius 1 is 0.632 bits per heavy atom. The third-order valence-corrected chi connectivity index (χ3v) is 3.79. The van der Waals surface area contributed by atoms with Crippen molar-refractivity contribution in [3.8, 4) is 0 Å². The van der Waals surface area contributed by atoms with E-state index in [1.165, 1.54) is 33.4 Å². The van der Waals surface area contributed by atoms with Crippen molar-refractivity contribution >= 4 is 11.4 Å². The molecule has 0 aromatic heterocycles. The third-order valence-electron chi connectivity index (χ3n) is 3.79. The van der Waals surface area contributed by atoms with E-state index in [0.717, 1.165) is 17.8 Å². The number of rotatable bonds is 2. The second-order valence-corrected chi connectivity index (χ2v) is 5.44. The molecule has 2 heteroatoms. The first-order valence-corrected chi connectivity index (χ1v) is 6.59. The van der Waals surface area contributed by atoms with Crippen LogP contribution >= 0.6 is 0 Å². The summed E-state index contributed by atoms with van der Waals surface area (Å²) in [4.78, 5) is 0. The van der Waals surface area contributed by atoms with Crippen molar-refractivity contribution in [3.63, 3.8) is 0 Å². The maximum absolute atomic E-state index is 5.88. The smallest absolute Gasteiger partial charge is 0.0319 e. The van der Waals surface area contributed by atoms with Gasteiger partial charge >= 0.3 is 0 Å². The molecule has 0 heterocycles. The molecule has 0 atom stereocenters. The summed E-state index contributed by atoms with van der Waals surface area (Å²) in [5.74, 6) is 0. The Labute approximate surface area is 115 Å². The van der Waals surface area contributed by atoms with Crippen molar-refractivity contribution in [2.75, 3.05) is 11.5 Å². The van der Waals surface area contributed by atoms with Crippen molar-refractivity contribution in [1.29, 1.82) is 0 Å². The lowest BCUT2D eigenvalue weighted by Gasteiger charge is -2.15. The van der Waals surface area contributed by atoms with Gasteiger partial charge in [-0.05, 0) is 91.8 Å². The van der Waals surface area contributed by atoms with Gasteiger partial charge in [0.25, 0.3) is 0 Å². The molecule has 100 valence electrons. The number of nitrogen functional groups attached to an aromatic ring is 2. The highest BCUT2D eigenvalue weighted by Gasteiger charge is 2.10. The second-order valence-electron chi connectivity index (χ2n) is 5.44. The second kappa shape index (κ2) is 4.96. The third kappa shape index (κ3) is 2.73. The Morgan fingerprint density at radius 2 is 0.895 bits per heavy atom. The lowest BCUT2D eigenvalue weighted by Crippen LogP contribution is -2.02. The van der Waals surface area contributed by atoms with Gasteiger partial charge < -0.3 is 11.5 Å². The van der Waals surface area contributed by atoms with Crippen LogP contribution in [0.1, 0.15) is 33.4 Å². The van der Waals surface area contributed by atoms with Crippen LogP contribution in [0.25, 0.3) is 0 Å². The summed E-state index contributed by atoms with van der Waals surface area (Å²) in [5, 5.41) is 0. The molecule has 0 radical (unpaired) electrons. The molecule has 0 bridgehead atoms. The average molecular weight is 254 g/mol. The minimum Gasteiger partial charge on any atom is -0.399 e. The van der Waals surface area contributed by atoms with Gasteiger partial charge in [-0.25, -0.2) is 0 Å². The van der Waals surface area contributed by atoms with Gasteiger partial charge in [-0.2, -0.15) is 0 Å². The number of aryl methyl sites for hydroxylation is 4. The summed E-state index contributed by atoms with van der Waals surface area (Å²) in [7, 11) is 0. The standard InChI is InChI=1S/C17H22N2/c1-10-5-14(18)6-11(2)16(10)9-17-12(3)7-15(19)8-13(17)4/h5-8H,9,18-19H2,1-4H3. The van der Waals surface area contributed by atoms with Crippen LogP contribution < -0.4 is 11.5 Å². The van der Waals surface area contributed by atoms with E-state index in [4.69, 9.17) is 11.5 Å². The Bertz CT molecular complexity index is 526. The molecule has 0 saturated carbocycles. The zero-order chi connectivity index (χ0) is 14.2. The highest BCUT2D eigenvalue weighted by molar-refractivity contribution is 5.54.